The van der Waals surface area contributed by atoms with Crippen molar-refractivity contribution in [3.05, 3.63) is 59.7 Å². The second-order valence-corrected chi connectivity index (χ2v) is 9.49. The zero-order valence-electron chi connectivity index (χ0n) is 17.5. The number of carbonyl (C=O) groups is 1. The van der Waals surface area contributed by atoms with Gasteiger partial charge in [0.15, 0.2) is 17.3 Å². The molecule has 1 aromatic carbocycles. The molecule has 1 atom stereocenters. The van der Waals surface area contributed by atoms with Gasteiger partial charge in [0.05, 0.1) is 30.8 Å². The van der Waals surface area contributed by atoms with Gasteiger partial charge >= 0.3 is 6.18 Å². The summed E-state index contributed by atoms with van der Waals surface area (Å²) in [5.41, 5.74) is 1.98. The third-order valence-corrected chi connectivity index (χ3v) is 7.18. The molecule has 1 unspecified atom stereocenters. The van der Waals surface area contributed by atoms with Gasteiger partial charge in [0, 0.05) is 11.3 Å². The van der Waals surface area contributed by atoms with Crippen molar-refractivity contribution < 1.29 is 22.7 Å². The minimum atomic E-state index is -4.54. The summed E-state index contributed by atoms with van der Waals surface area (Å²) in [6.07, 6.45) is -1.45. The van der Waals surface area contributed by atoms with Gasteiger partial charge in [-0.3, -0.25) is 4.79 Å². The van der Waals surface area contributed by atoms with Crippen molar-refractivity contribution in [1.29, 1.82) is 0 Å². The number of amides is 1. The monoisotopic (exact) mass is 598 g/mol. The predicted molar refractivity (Wildman–Crippen MR) is 130 cm³/mol. The first kappa shape index (κ1) is 22.9. The first-order chi connectivity index (χ1) is 16.3. The third-order valence-electron chi connectivity index (χ3n) is 5.31. The molecule has 1 aliphatic rings. The molecule has 0 bridgehead atoms. The Bertz CT molecular complexity index is 1430. The van der Waals surface area contributed by atoms with Crippen molar-refractivity contribution >= 4 is 51.0 Å². The van der Waals surface area contributed by atoms with Gasteiger partial charge < -0.3 is 9.64 Å². The van der Waals surface area contributed by atoms with Gasteiger partial charge in [0.1, 0.15) is 17.8 Å². The maximum absolute atomic E-state index is 13.3. The number of ether oxygens (including phenoxy) is 1. The summed E-state index contributed by atoms with van der Waals surface area (Å²) < 4.78 is 46.1. The van der Waals surface area contributed by atoms with E-state index in [0.717, 1.165) is 11.6 Å². The lowest BCUT2D eigenvalue weighted by Crippen LogP contribution is -2.33. The summed E-state index contributed by atoms with van der Waals surface area (Å²) in [4.78, 5) is 27.1. The van der Waals surface area contributed by atoms with Crippen LogP contribution in [0.1, 0.15) is 21.7 Å². The molecule has 174 valence electrons. The first-order valence-electron chi connectivity index (χ1n) is 9.97. The second-order valence-electron chi connectivity index (χ2n) is 7.45. The number of benzene rings is 1. The normalized spacial score (nSPS) is 14.5. The van der Waals surface area contributed by atoms with Gasteiger partial charge in [-0.1, -0.05) is 0 Å². The molecule has 5 rings (SSSR count). The summed E-state index contributed by atoms with van der Waals surface area (Å²) in [5.74, 6) is 0.622. The van der Waals surface area contributed by atoms with Crippen LogP contribution in [0, 0.1) is 6.92 Å². The highest BCUT2D eigenvalue weighted by Crippen LogP contribution is 2.35. The SMILES string of the molecule is Cc1cc(-c2ncc3nc(C(F)(F)F)ccc3n2)ccc1N1CCOc2cnn(PI)c2C1=O. The maximum atomic E-state index is 13.3. The summed E-state index contributed by atoms with van der Waals surface area (Å²) in [5, 5.41) is 4.22. The van der Waals surface area contributed by atoms with E-state index in [2.05, 4.69) is 42.1 Å². The molecule has 0 saturated heterocycles. The number of aryl methyl sites for hydroxylation is 1. The molecule has 13 heteroatoms. The Morgan fingerprint density at radius 2 is 1.94 bits per heavy atom. The molecule has 0 N–H and O–H groups in total. The Labute approximate surface area is 205 Å². The number of halogens is 4. The van der Waals surface area contributed by atoms with Crippen LogP contribution in [0.2, 0.25) is 0 Å². The molecule has 4 aromatic rings. The van der Waals surface area contributed by atoms with Gasteiger partial charge in [-0.15, -0.1) is 0 Å². The second kappa shape index (κ2) is 8.73. The molecule has 0 spiro atoms. The zero-order chi connectivity index (χ0) is 24.0. The molecule has 8 nitrogen and oxygen atoms in total. The van der Waals surface area contributed by atoms with Gasteiger partial charge in [0.25, 0.3) is 5.91 Å². The Hall–Kier alpha value is -2.86. The van der Waals surface area contributed by atoms with Crippen molar-refractivity contribution in [2.75, 3.05) is 18.1 Å². The summed E-state index contributed by atoms with van der Waals surface area (Å²) >= 11 is 2.16. The number of aromatic nitrogens is 5. The number of rotatable bonds is 3. The Balaban J connectivity index is 1.48. The van der Waals surface area contributed by atoms with Crippen LogP contribution in [-0.2, 0) is 6.18 Å². The zero-order valence-corrected chi connectivity index (χ0v) is 20.6. The highest BCUT2D eigenvalue weighted by atomic mass is 127. The van der Waals surface area contributed by atoms with Crippen LogP contribution in [0.15, 0.2) is 42.7 Å². The standard InChI is InChI=1S/C21H15F3IN6O2P/c1-11-8-12(19-26-9-14-13(29-19)3-5-17(28-14)21(22,23)24)2-4-15(11)30-6-7-33-16-10-27-31(34-25)18(16)20(30)32/h2-5,8-10,34H,6-7H2,1H3. The first-order valence-corrected chi connectivity index (χ1v) is 14.0. The molecule has 0 radical (unpaired) electrons. The van der Waals surface area contributed by atoms with Crippen molar-refractivity contribution in [2.45, 2.75) is 13.1 Å². The Morgan fingerprint density at radius 1 is 1.12 bits per heavy atom. The highest BCUT2D eigenvalue weighted by Gasteiger charge is 2.33. The van der Waals surface area contributed by atoms with Crippen LogP contribution >= 0.6 is 28.4 Å². The molecule has 0 fully saturated rings. The van der Waals surface area contributed by atoms with E-state index in [9.17, 15) is 18.0 Å². The fraction of sp³-hybridized carbons (Fsp3) is 0.190. The molecular weight excluding hydrogens is 583 g/mol. The molecule has 3 aromatic heterocycles. The Morgan fingerprint density at radius 3 is 2.68 bits per heavy atom. The smallest absolute Gasteiger partial charge is 0.433 e. The van der Waals surface area contributed by atoms with Crippen LogP contribution in [0.25, 0.3) is 22.4 Å². The number of carbonyl (C=O) groups excluding carboxylic acids is 1. The van der Waals surface area contributed by atoms with E-state index in [1.165, 1.54) is 12.3 Å². The lowest BCUT2D eigenvalue weighted by molar-refractivity contribution is -0.140. The van der Waals surface area contributed by atoms with E-state index in [-0.39, 0.29) is 17.8 Å². The number of anilines is 1. The number of hydrogen-bond donors (Lipinski definition) is 0. The van der Waals surface area contributed by atoms with Crippen LogP contribution in [-0.4, -0.2) is 43.6 Å². The van der Waals surface area contributed by atoms with Crippen molar-refractivity contribution in [3.8, 4) is 17.1 Å². The molecule has 0 saturated carbocycles. The average molecular weight is 598 g/mol. The summed E-state index contributed by atoms with van der Waals surface area (Å²) in [6.45, 7) is 2.57. The molecule has 1 amide bonds. The number of hydrogen-bond acceptors (Lipinski definition) is 6. The molecular formula is C21H15F3IN6O2P. The maximum Gasteiger partial charge on any atom is 0.433 e. The minimum absolute atomic E-state index is 0.0606. The number of pyridine rings is 1. The van der Waals surface area contributed by atoms with E-state index in [1.54, 1.807) is 27.7 Å². The molecule has 0 aliphatic carbocycles. The quantitative estimate of drug-likeness (QED) is 0.243. The molecule has 4 heterocycles. The number of fused-ring (bicyclic) bond motifs is 2. The lowest BCUT2D eigenvalue weighted by Gasteiger charge is -2.22. The van der Waals surface area contributed by atoms with E-state index < -0.39 is 11.9 Å². The van der Waals surface area contributed by atoms with Crippen LogP contribution < -0.4 is 9.64 Å². The molecule has 34 heavy (non-hydrogen) atoms. The van der Waals surface area contributed by atoms with Crippen molar-refractivity contribution in [1.82, 2.24) is 24.5 Å². The van der Waals surface area contributed by atoms with Gasteiger partial charge in [-0.2, -0.15) is 18.3 Å². The number of alkyl halides is 3. The molecule has 1 aliphatic heterocycles. The van der Waals surface area contributed by atoms with Gasteiger partial charge in [-0.25, -0.2) is 19.4 Å². The fourth-order valence-corrected chi connectivity index (χ4v) is 5.21. The van der Waals surface area contributed by atoms with Gasteiger partial charge in [-0.05, 0) is 64.9 Å². The predicted octanol–water partition coefficient (Wildman–Crippen LogP) is 5.05. The average Bonchev–Trinajstić information content (AvgIpc) is 3.16. The van der Waals surface area contributed by atoms with Crippen molar-refractivity contribution in [3.63, 3.8) is 0 Å². The fourth-order valence-electron chi connectivity index (χ4n) is 3.72. The third kappa shape index (κ3) is 4.09. The summed E-state index contributed by atoms with van der Waals surface area (Å²) in [7, 11) is 0. The van der Waals surface area contributed by atoms with E-state index in [4.69, 9.17) is 4.74 Å². The largest absolute Gasteiger partial charge is 0.488 e. The number of nitrogens with zero attached hydrogens (tertiary/aromatic N) is 6. The van der Waals surface area contributed by atoms with E-state index in [0.29, 0.717) is 47.2 Å². The van der Waals surface area contributed by atoms with Crippen LogP contribution in [0.5, 0.6) is 5.75 Å². The van der Waals surface area contributed by atoms with Crippen molar-refractivity contribution in [2.24, 2.45) is 0 Å². The van der Waals surface area contributed by atoms with Crippen LogP contribution in [0.4, 0.5) is 18.9 Å². The van der Waals surface area contributed by atoms with E-state index >= 15 is 0 Å². The Kier molecular flexibility index (Phi) is 5.88. The van der Waals surface area contributed by atoms with E-state index in [1.807, 2.05) is 13.0 Å². The topological polar surface area (TPSA) is 86.0 Å². The van der Waals surface area contributed by atoms with Gasteiger partial charge in [0.2, 0.25) is 0 Å². The van der Waals surface area contributed by atoms with Crippen LogP contribution in [0.3, 0.4) is 0 Å². The lowest BCUT2D eigenvalue weighted by atomic mass is 10.1. The highest BCUT2D eigenvalue weighted by molar-refractivity contribution is 14.2. The summed E-state index contributed by atoms with van der Waals surface area (Å²) in [6, 6.07) is 7.60. The minimum Gasteiger partial charge on any atom is -0.488 e.